The summed E-state index contributed by atoms with van der Waals surface area (Å²) in [5.74, 6) is 0. The molecule has 0 bridgehead atoms. The molecule has 0 aliphatic carbocycles. The van der Waals surface area contributed by atoms with Gasteiger partial charge in [0, 0.05) is 4.88 Å². The number of halogens is 2. The average molecular weight is 330 g/mol. The van der Waals surface area contributed by atoms with Gasteiger partial charge in [0.2, 0.25) is 0 Å². The van der Waals surface area contributed by atoms with Gasteiger partial charge in [-0.25, -0.2) is 0 Å². The molecule has 1 unspecified atom stereocenters. The van der Waals surface area contributed by atoms with Crippen LogP contribution in [-0.2, 0) is 6.42 Å². The van der Waals surface area contributed by atoms with Crippen molar-refractivity contribution in [2.75, 3.05) is 0 Å². The highest BCUT2D eigenvalue weighted by atomic mass is 79.9. The minimum absolute atomic E-state index is 0.194. The molecule has 3 heteroatoms. The molecule has 2 rings (SSSR count). The molecule has 1 atom stereocenters. The highest BCUT2D eigenvalue weighted by molar-refractivity contribution is 9.09. The summed E-state index contributed by atoms with van der Waals surface area (Å²) in [7, 11) is 0. The molecule has 17 heavy (non-hydrogen) atoms. The van der Waals surface area contributed by atoms with Crippen LogP contribution in [0.1, 0.15) is 33.3 Å². The predicted octanol–water partition coefficient (Wildman–Crippen LogP) is 5.76. The smallest absolute Gasteiger partial charge is 0.0753 e. The maximum atomic E-state index is 6.29. The third kappa shape index (κ3) is 2.75. The number of thiophene rings is 1. The summed E-state index contributed by atoms with van der Waals surface area (Å²) < 4.78 is 0. The van der Waals surface area contributed by atoms with Gasteiger partial charge in [0.15, 0.2) is 0 Å². The number of hydrogen-bond donors (Lipinski definition) is 0. The van der Waals surface area contributed by atoms with E-state index in [0.717, 1.165) is 17.0 Å². The lowest BCUT2D eigenvalue weighted by Crippen LogP contribution is -1.91. The Morgan fingerprint density at radius 3 is 2.41 bits per heavy atom. The van der Waals surface area contributed by atoms with Crippen molar-refractivity contribution in [3.05, 3.63) is 56.2 Å². The van der Waals surface area contributed by atoms with Gasteiger partial charge in [-0.2, -0.15) is 0 Å². The van der Waals surface area contributed by atoms with E-state index < -0.39 is 0 Å². The van der Waals surface area contributed by atoms with Crippen LogP contribution < -0.4 is 0 Å². The topological polar surface area (TPSA) is 0 Å². The third-order valence-corrected chi connectivity index (χ3v) is 5.90. The van der Waals surface area contributed by atoms with Gasteiger partial charge >= 0.3 is 0 Å². The highest BCUT2D eigenvalue weighted by Gasteiger charge is 2.16. The van der Waals surface area contributed by atoms with Gasteiger partial charge in [-0.05, 0) is 35.4 Å². The van der Waals surface area contributed by atoms with Crippen LogP contribution in [0, 0.1) is 6.92 Å². The van der Waals surface area contributed by atoms with Crippen molar-refractivity contribution in [1.29, 1.82) is 0 Å². The number of alkyl halides is 1. The predicted molar refractivity (Wildman–Crippen MR) is 80.7 cm³/mol. The number of benzene rings is 1. The van der Waals surface area contributed by atoms with Crippen molar-refractivity contribution in [3.8, 4) is 0 Å². The quantitative estimate of drug-likeness (QED) is 0.628. The van der Waals surface area contributed by atoms with E-state index >= 15 is 0 Å². The summed E-state index contributed by atoms with van der Waals surface area (Å²) in [6.07, 6.45) is 1.08. The Kier molecular flexibility index (Phi) is 4.29. The van der Waals surface area contributed by atoms with Gasteiger partial charge in [0.1, 0.15) is 0 Å². The second-order valence-corrected chi connectivity index (χ2v) is 6.26. The van der Waals surface area contributed by atoms with Crippen molar-refractivity contribution in [1.82, 2.24) is 0 Å². The van der Waals surface area contributed by atoms with Crippen molar-refractivity contribution in [2.24, 2.45) is 0 Å². The molecule has 0 aliphatic heterocycles. The maximum Gasteiger partial charge on any atom is 0.0753 e. The minimum atomic E-state index is 0.194. The largest absolute Gasteiger partial charge is 0.145 e. The molecular weight excluding hydrogens is 316 g/mol. The Hall–Kier alpha value is -0.310. The number of rotatable bonds is 3. The Morgan fingerprint density at radius 2 is 1.94 bits per heavy atom. The summed E-state index contributed by atoms with van der Waals surface area (Å²) in [6.45, 7) is 4.21. The fraction of sp³-hybridized carbons (Fsp3) is 0.286. The van der Waals surface area contributed by atoms with Gasteiger partial charge < -0.3 is 0 Å². The Balaban J connectivity index is 2.30. The highest BCUT2D eigenvalue weighted by Crippen LogP contribution is 2.40. The van der Waals surface area contributed by atoms with Crippen LogP contribution in [0.15, 0.2) is 29.6 Å². The van der Waals surface area contributed by atoms with Crippen LogP contribution in [0.5, 0.6) is 0 Å². The summed E-state index contributed by atoms with van der Waals surface area (Å²) in [6, 6.07) is 8.70. The molecular formula is C14H14BrClS. The zero-order valence-electron chi connectivity index (χ0n) is 9.84. The van der Waals surface area contributed by atoms with Gasteiger partial charge in [-0.3, -0.25) is 0 Å². The van der Waals surface area contributed by atoms with Crippen LogP contribution in [0.3, 0.4) is 0 Å². The molecule has 1 aromatic heterocycles. The monoisotopic (exact) mass is 328 g/mol. The summed E-state index contributed by atoms with van der Waals surface area (Å²) in [5, 5.41) is 2.99. The van der Waals surface area contributed by atoms with Crippen LogP contribution in [0.25, 0.3) is 0 Å². The average Bonchev–Trinajstić information content (AvgIpc) is 2.69. The second kappa shape index (κ2) is 5.55. The first-order chi connectivity index (χ1) is 8.13. The molecule has 0 saturated carbocycles. The zero-order valence-corrected chi connectivity index (χ0v) is 13.0. The van der Waals surface area contributed by atoms with Crippen LogP contribution in [0.2, 0.25) is 5.02 Å². The summed E-state index contributed by atoms with van der Waals surface area (Å²) in [4.78, 5) is 1.38. The summed E-state index contributed by atoms with van der Waals surface area (Å²) >= 11 is 11.7. The second-order valence-electron chi connectivity index (χ2n) is 4.05. The molecule has 90 valence electrons. The Morgan fingerprint density at radius 1 is 1.29 bits per heavy atom. The minimum Gasteiger partial charge on any atom is -0.145 e. The zero-order chi connectivity index (χ0) is 12.4. The fourth-order valence-electron chi connectivity index (χ4n) is 1.69. The summed E-state index contributed by atoms with van der Waals surface area (Å²) in [5.41, 5.74) is 3.77. The normalized spacial score (nSPS) is 12.7. The number of aryl methyl sites for hydroxylation is 2. The van der Waals surface area contributed by atoms with E-state index in [1.165, 1.54) is 16.0 Å². The fourth-order valence-corrected chi connectivity index (χ4v) is 3.99. The molecule has 1 aromatic carbocycles. The molecule has 1 heterocycles. The first-order valence-electron chi connectivity index (χ1n) is 5.60. The van der Waals surface area contributed by atoms with E-state index in [2.05, 4.69) is 52.5 Å². The molecule has 2 aromatic rings. The molecule has 0 spiro atoms. The van der Waals surface area contributed by atoms with Gasteiger partial charge in [-0.15, -0.1) is 11.3 Å². The van der Waals surface area contributed by atoms with E-state index in [-0.39, 0.29) is 4.83 Å². The van der Waals surface area contributed by atoms with Gasteiger partial charge in [0.05, 0.1) is 9.85 Å². The molecule has 0 nitrogen and oxygen atoms in total. The Labute approximate surface area is 120 Å². The molecule has 0 N–H and O–H groups in total. The molecule has 0 saturated heterocycles. The van der Waals surface area contributed by atoms with E-state index in [1.54, 1.807) is 11.3 Å². The van der Waals surface area contributed by atoms with Crippen LogP contribution >= 0.6 is 38.9 Å². The maximum absolute atomic E-state index is 6.29. The Bertz CT molecular complexity index is 501. The molecule has 0 radical (unpaired) electrons. The first-order valence-corrected chi connectivity index (χ1v) is 7.77. The van der Waals surface area contributed by atoms with Gasteiger partial charge in [0.25, 0.3) is 0 Å². The molecule has 0 aliphatic rings. The lowest BCUT2D eigenvalue weighted by Gasteiger charge is -2.10. The SMILES string of the molecule is CCc1ccc(C(Br)c2scc(C)c2Cl)cc1. The van der Waals surface area contributed by atoms with Crippen molar-refractivity contribution in [3.63, 3.8) is 0 Å². The lowest BCUT2D eigenvalue weighted by atomic mass is 10.1. The number of hydrogen-bond acceptors (Lipinski definition) is 1. The standard InChI is InChI=1S/C14H14BrClS/c1-3-10-4-6-11(7-5-10)12(15)14-13(16)9(2)8-17-14/h4-8,12H,3H2,1-2H3. The van der Waals surface area contributed by atoms with Crippen molar-refractivity contribution < 1.29 is 0 Å². The van der Waals surface area contributed by atoms with E-state index in [4.69, 9.17) is 11.6 Å². The van der Waals surface area contributed by atoms with Crippen molar-refractivity contribution in [2.45, 2.75) is 25.1 Å². The lowest BCUT2D eigenvalue weighted by molar-refractivity contribution is 1.12. The van der Waals surface area contributed by atoms with E-state index in [1.807, 2.05) is 6.92 Å². The molecule has 0 fully saturated rings. The van der Waals surface area contributed by atoms with E-state index in [9.17, 15) is 0 Å². The first kappa shape index (κ1) is 13.1. The third-order valence-electron chi connectivity index (χ3n) is 2.84. The van der Waals surface area contributed by atoms with Gasteiger partial charge in [-0.1, -0.05) is 58.7 Å². The van der Waals surface area contributed by atoms with Crippen LogP contribution in [-0.4, -0.2) is 0 Å². The molecule has 0 amide bonds. The van der Waals surface area contributed by atoms with Crippen molar-refractivity contribution >= 4 is 38.9 Å². The van der Waals surface area contributed by atoms with E-state index in [0.29, 0.717) is 0 Å². The van der Waals surface area contributed by atoms with Crippen LogP contribution in [0.4, 0.5) is 0 Å².